The van der Waals surface area contributed by atoms with E-state index in [4.69, 9.17) is 4.74 Å². The molecule has 0 fully saturated rings. The lowest BCUT2D eigenvalue weighted by Crippen LogP contribution is -2.25. The highest BCUT2D eigenvalue weighted by Gasteiger charge is 2.19. The molecule has 0 aliphatic carbocycles. The molecule has 0 aliphatic rings. The van der Waals surface area contributed by atoms with Gasteiger partial charge in [0.25, 0.3) is 5.56 Å². The van der Waals surface area contributed by atoms with E-state index >= 15 is 0 Å². The van der Waals surface area contributed by atoms with E-state index in [1.807, 2.05) is 6.07 Å². The van der Waals surface area contributed by atoms with Crippen LogP contribution in [0.15, 0.2) is 83.7 Å². The summed E-state index contributed by atoms with van der Waals surface area (Å²) in [7, 11) is 1.29. The number of hydrogen-bond donors (Lipinski definition) is 0. The van der Waals surface area contributed by atoms with Gasteiger partial charge in [-0.15, -0.1) is 0 Å². The zero-order chi connectivity index (χ0) is 21.1. The number of benzene rings is 3. The van der Waals surface area contributed by atoms with Gasteiger partial charge in [-0.1, -0.05) is 36.4 Å². The first kappa shape index (κ1) is 19.1. The van der Waals surface area contributed by atoms with Crippen molar-refractivity contribution in [3.63, 3.8) is 0 Å². The summed E-state index contributed by atoms with van der Waals surface area (Å²) in [4.78, 5) is 37.3. The number of para-hydroxylation sites is 1. The van der Waals surface area contributed by atoms with Crippen LogP contribution in [0.25, 0.3) is 16.5 Å². The van der Waals surface area contributed by atoms with Crippen molar-refractivity contribution < 1.29 is 19.1 Å². The predicted molar refractivity (Wildman–Crippen MR) is 110 cm³/mol. The van der Waals surface area contributed by atoms with Crippen LogP contribution in [0.3, 0.4) is 0 Å². The van der Waals surface area contributed by atoms with Crippen LogP contribution in [-0.4, -0.2) is 28.8 Å². The van der Waals surface area contributed by atoms with Gasteiger partial charge in [0.2, 0.25) is 0 Å². The van der Waals surface area contributed by atoms with Gasteiger partial charge < -0.3 is 9.47 Å². The molecule has 4 aromatic rings. The summed E-state index contributed by atoms with van der Waals surface area (Å²) >= 11 is 0. The van der Waals surface area contributed by atoms with Crippen molar-refractivity contribution in [2.45, 2.75) is 0 Å². The van der Waals surface area contributed by atoms with Crippen LogP contribution in [-0.2, 0) is 4.74 Å². The summed E-state index contributed by atoms with van der Waals surface area (Å²) in [6, 6.07) is 21.5. The molecule has 3 aromatic carbocycles. The van der Waals surface area contributed by atoms with Crippen LogP contribution in [0.5, 0.6) is 5.75 Å². The Morgan fingerprint density at radius 2 is 1.43 bits per heavy atom. The molecule has 1 aromatic heterocycles. The molecule has 1 heterocycles. The van der Waals surface area contributed by atoms with Crippen LogP contribution < -0.4 is 10.3 Å². The topological polar surface area (TPSA) is 87.5 Å². The number of carbonyl (C=O) groups is 2. The normalized spacial score (nSPS) is 10.6. The fraction of sp³-hybridized carbons (Fsp3) is 0.0435. The number of carbonyl (C=O) groups excluding carboxylic acids is 2. The van der Waals surface area contributed by atoms with E-state index < -0.39 is 11.9 Å². The van der Waals surface area contributed by atoms with E-state index in [0.717, 1.165) is 0 Å². The number of aromatic nitrogens is 2. The van der Waals surface area contributed by atoms with Gasteiger partial charge in [-0.3, -0.25) is 4.79 Å². The Labute approximate surface area is 171 Å². The second-order valence-electron chi connectivity index (χ2n) is 6.35. The Morgan fingerprint density at radius 1 is 0.800 bits per heavy atom. The summed E-state index contributed by atoms with van der Waals surface area (Å²) < 4.78 is 11.3. The van der Waals surface area contributed by atoms with E-state index in [1.54, 1.807) is 48.5 Å². The molecular formula is C23H16N2O5. The Balaban J connectivity index is 1.76. The Bertz CT molecular complexity index is 1290. The van der Waals surface area contributed by atoms with Crippen LogP contribution in [0, 0.1) is 0 Å². The van der Waals surface area contributed by atoms with Crippen molar-refractivity contribution in [1.29, 1.82) is 0 Å². The molecule has 148 valence electrons. The van der Waals surface area contributed by atoms with Gasteiger partial charge in [0.15, 0.2) is 5.69 Å². The first-order valence-corrected chi connectivity index (χ1v) is 9.06. The van der Waals surface area contributed by atoms with E-state index in [1.165, 1.54) is 36.1 Å². The maximum absolute atomic E-state index is 12.9. The number of nitrogens with zero attached hydrogens (tertiary/aromatic N) is 2. The average Bonchev–Trinajstić information content (AvgIpc) is 2.80. The first-order valence-electron chi connectivity index (χ1n) is 9.06. The average molecular weight is 400 g/mol. The zero-order valence-corrected chi connectivity index (χ0v) is 15.9. The molecule has 0 saturated carbocycles. The van der Waals surface area contributed by atoms with E-state index in [9.17, 15) is 14.4 Å². The van der Waals surface area contributed by atoms with Gasteiger partial charge in [-0.2, -0.15) is 9.78 Å². The minimum Gasteiger partial charge on any atom is -0.465 e. The molecule has 30 heavy (non-hydrogen) atoms. The highest BCUT2D eigenvalue weighted by molar-refractivity contribution is 6.03. The van der Waals surface area contributed by atoms with Gasteiger partial charge >= 0.3 is 11.9 Å². The molecule has 0 atom stereocenters. The predicted octanol–water partition coefficient (Wildman–Crippen LogP) is 3.39. The quantitative estimate of drug-likeness (QED) is 0.385. The molecule has 4 rings (SSSR count). The van der Waals surface area contributed by atoms with Crippen LogP contribution >= 0.6 is 0 Å². The van der Waals surface area contributed by atoms with Crippen molar-refractivity contribution in [3.8, 4) is 11.4 Å². The van der Waals surface area contributed by atoms with Gasteiger partial charge in [0.05, 0.1) is 23.7 Å². The second kappa shape index (κ2) is 8.00. The summed E-state index contributed by atoms with van der Waals surface area (Å²) in [6.07, 6.45) is 0. The Kier molecular flexibility index (Phi) is 5.09. The third-order valence-electron chi connectivity index (χ3n) is 4.49. The number of hydrogen-bond acceptors (Lipinski definition) is 6. The third-order valence-corrected chi connectivity index (χ3v) is 4.49. The van der Waals surface area contributed by atoms with Gasteiger partial charge in [0, 0.05) is 5.39 Å². The van der Waals surface area contributed by atoms with Gasteiger partial charge in [-0.25, -0.2) is 9.59 Å². The molecule has 0 bridgehead atoms. The van der Waals surface area contributed by atoms with Crippen LogP contribution in [0.2, 0.25) is 0 Å². The zero-order valence-electron chi connectivity index (χ0n) is 15.9. The molecule has 7 nitrogen and oxygen atoms in total. The van der Waals surface area contributed by atoms with Crippen molar-refractivity contribution in [2.24, 2.45) is 0 Å². The number of fused-ring (bicyclic) bond motifs is 1. The summed E-state index contributed by atoms with van der Waals surface area (Å²) in [5.41, 5.74) is 0.533. The maximum atomic E-state index is 12.9. The molecule has 0 saturated heterocycles. The lowest BCUT2D eigenvalue weighted by atomic mass is 10.1. The van der Waals surface area contributed by atoms with Crippen molar-refractivity contribution in [1.82, 2.24) is 9.78 Å². The monoisotopic (exact) mass is 400 g/mol. The van der Waals surface area contributed by atoms with E-state index in [-0.39, 0.29) is 17.0 Å². The number of rotatable bonds is 4. The fourth-order valence-corrected chi connectivity index (χ4v) is 3.02. The van der Waals surface area contributed by atoms with Crippen molar-refractivity contribution in [2.75, 3.05) is 7.11 Å². The van der Waals surface area contributed by atoms with Crippen LogP contribution in [0.1, 0.15) is 20.8 Å². The SMILES string of the molecule is COC(=O)c1ccc(OC(=O)c2nn(-c3ccccc3)c(=O)c3ccccc23)cc1. The van der Waals surface area contributed by atoms with Gasteiger partial charge in [-0.05, 0) is 42.5 Å². The molecule has 0 spiro atoms. The summed E-state index contributed by atoms with van der Waals surface area (Å²) in [5, 5.41) is 5.03. The molecule has 0 N–H and O–H groups in total. The Hall–Kier alpha value is -4.26. The molecule has 0 unspecified atom stereocenters. The smallest absolute Gasteiger partial charge is 0.364 e. The fourth-order valence-electron chi connectivity index (χ4n) is 3.02. The maximum Gasteiger partial charge on any atom is 0.364 e. The highest BCUT2D eigenvalue weighted by Crippen LogP contribution is 2.19. The largest absolute Gasteiger partial charge is 0.465 e. The molecule has 7 heteroatoms. The highest BCUT2D eigenvalue weighted by atomic mass is 16.5. The lowest BCUT2D eigenvalue weighted by Gasteiger charge is -2.11. The molecule has 0 radical (unpaired) electrons. The minimum absolute atomic E-state index is 0.00565. The summed E-state index contributed by atoms with van der Waals surface area (Å²) in [6.45, 7) is 0. The van der Waals surface area contributed by atoms with Crippen LogP contribution in [0.4, 0.5) is 0 Å². The molecule has 0 aliphatic heterocycles. The second-order valence-corrected chi connectivity index (χ2v) is 6.35. The van der Waals surface area contributed by atoms with E-state index in [0.29, 0.717) is 22.0 Å². The third kappa shape index (κ3) is 3.56. The Morgan fingerprint density at radius 3 is 2.10 bits per heavy atom. The van der Waals surface area contributed by atoms with E-state index in [2.05, 4.69) is 9.84 Å². The number of esters is 2. The number of ether oxygens (including phenoxy) is 2. The van der Waals surface area contributed by atoms with Crippen molar-refractivity contribution >= 4 is 22.7 Å². The van der Waals surface area contributed by atoms with Gasteiger partial charge in [0.1, 0.15) is 5.75 Å². The molecule has 0 amide bonds. The van der Waals surface area contributed by atoms with Crippen molar-refractivity contribution in [3.05, 3.63) is 100 Å². The minimum atomic E-state index is -0.721. The molecular weight excluding hydrogens is 384 g/mol. The number of methoxy groups -OCH3 is 1. The lowest BCUT2D eigenvalue weighted by molar-refractivity contribution is 0.0600. The standard InChI is InChI=1S/C23H16N2O5/c1-29-22(27)15-11-13-17(14-12-15)30-23(28)20-18-9-5-6-10-19(18)21(26)25(24-20)16-7-3-2-4-8-16/h2-14H,1H3. The first-order chi connectivity index (χ1) is 14.6. The summed E-state index contributed by atoms with van der Waals surface area (Å²) in [5.74, 6) is -0.979.